The zero-order chi connectivity index (χ0) is 36.3. The molecule has 2 N–H and O–H groups in total. The molecule has 1 heterocycles. The van der Waals surface area contributed by atoms with E-state index in [1.54, 1.807) is 68.4 Å². The van der Waals surface area contributed by atoms with Crippen molar-refractivity contribution in [1.82, 2.24) is 15.2 Å². The maximum atomic E-state index is 13.5. The summed E-state index contributed by atoms with van der Waals surface area (Å²) in [5, 5.41) is 12.6. The Labute approximate surface area is 282 Å². The monoisotopic (exact) mass is 671 g/mol. The molecule has 3 amide bonds. The lowest BCUT2D eigenvalue weighted by Crippen LogP contribution is -2.53. The van der Waals surface area contributed by atoms with Crippen LogP contribution in [0.5, 0.6) is 5.75 Å². The van der Waals surface area contributed by atoms with Crippen LogP contribution in [0.4, 0.5) is 14.4 Å². The second kappa shape index (κ2) is 17.0. The molecule has 1 aromatic carbocycles. The van der Waals surface area contributed by atoms with Gasteiger partial charge in [-0.05, 0) is 73.4 Å². The van der Waals surface area contributed by atoms with Gasteiger partial charge < -0.3 is 34.1 Å². The molecule has 0 fully saturated rings. The molecule has 0 saturated carbocycles. The minimum Gasteiger partial charge on any atom is -0.487 e. The summed E-state index contributed by atoms with van der Waals surface area (Å²) in [7, 11) is 1.13. The van der Waals surface area contributed by atoms with Crippen molar-refractivity contribution in [2.45, 2.75) is 104 Å². The molecule has 2 rings (SSSR count). The van der Waals surface area contributed by atoms with Gasteiger partial charge in [0.05, 0.1) is 26.0 Å². The average Bonchev–Trinajstić information content (AvgIpc) is 2.95. The van der Waals surface area contributed by atoms with Gasteiger partial charge in [0.25, 0.3) is 0 Å². The van der Waals surface area contributed by atoms with Crippen LogP contribution in [0.25, 0.3) is 6.08 Å². The van der Waals surface area contributed by atoms with Crippen LogP contribution >= 0.6 is 0 Å². The summed E-state index contributed by atoms with van der Waals surface area (Å²) in [6, 6.07) is 6.89. The lowest BCUT2D eigenvalue weighted by atomic mass is 9.99. The third-order valence-corrected chi connectivity index (χ3v) is 6.06. The van der Waals surface area contributed by atoms with Crippen LogP contribution in [0, 0.1) is 0 Å². The number of benzene rings is 1. The number of ether oxygens (including phenoxy) is 5. The molecule has 0 saturated heterocycles. The molecule has 0 aliphatic carbocycles. The molecule has 0 aliphatic heterocycles. The number of aromatic nitrogens is 1. The third kappa shape index (κ3) is 13.6. The van der Waals surface area contributed by atoms with Gasteiger partial charge in [0.2, 0.25) is 0 Å². The summed E-state index contributed by atoms with van der Waals surface area (Å²) in [6.45, 7) is 14.5. The van der Waals surface area contributed by atoms with Crippen LogP contribution in [0.1, 0.15) is 79.0 Å². The topological polar surface area (TPSA) is 163 Å². The standard InChI is InChI=1S/C35H49N3O10/c1-33(2,3)46-30(41)37-25(21-39)17-16-24-19-36-20-28(45-22-23-14-12-11-13-15-23)26(24)18-27(29(40)44-10)38(31(42)47-34(4,5)6)32(43)48-35(7,8)9/h11-17,19-20,25,27,39H,18,21-22H2,1-10H3,(H,37,41)/b17-16-/t25-,27-/m0/s1. The first kappa shape index (κ1) is 39.5. The van der Waals surface area contributed by atoms with Gasteiger partial charge in [-0.2, -0.15) is 4.90 Å². The maximum Gasteiger partial charge on any atom is 0.420 e. The Kier molecular flexibility index (Phi) is 14.0. The summed E-state index contributed by atoms with van der Waals surface area (Å²) in [6.07, 6.45) is 2.72. The molecule has 0 bridgehead atoms. The van der Waals surface area contributed by atoms with Crippen molar-refractivity contribution in [3.8, 4) is 5.75 Å². The smallest absolute Gasteiger partial charge is 0.420 e. The lowest BCUT2D eigenvalue weighted by molar-refractivity contribution is -0.146. The molecular weight excluding hydrogens is 622 g/mol. The first-order valence-corrected chi connectivity index (χ1v) is 15.5. The Morgan fingerprint density at radius 2 is 1.44 bits per heavy atom. The summed E-state index contributed by atoms with van der Waals surface area (Å²) >= 11 is 0. The van der Waals surface area contributed by atoms with Crippen molar-refractivity contribution in [3.63, 3.8) is 0 Å². The molecule has 0 radical (unpaired) electrons. The normalized spacial score (nSPS) is 13.2. The number of amides is 3. The second-order valence-corrected chi connectivity index (χ2v) is 13.8. The Hall–Kier alpha value is -4.65. The molecular formula is C35H49N3O10. The van der Waals surface area contributed by atoms with Crippen molar-refractivity contribution >= 4 is 30.3 Å². The summed E-state index contributed by atoms with van der Waals surface area (Å²) in [5.41, 5.74) is -1.20. The largest absolute Gasteiger partial charge is 0.487 e. The summed E-state index contributed by atoms with van der Waals surface area (Å²) < 4.78 is 27.6. The lowest BCUT2D eigenvalue weighted by Gasteiger charge is -2.32. The summed E-state index contributed by atoms with van der Waals surface area (Å²) in [4.78, 5) is 57.7. The van der Waals surface area contributed by atoms with E-state index in [1.807, 2.05) is 30.3 Å². The number of methoxy groups -OCH3 is 1. The molecule has 0 unspecified atom stereocenters. The van der Waals surface area contributed by atoms with Gasteiger partial charge in [0, 0.05) is 18.2 Å². The molecule has 13 nitrogen and oxygen atoms in total. The van der Waals surface area contributed by atoms with Crippen molar-refractivity contribution in [2.24, 2.45) is 0 Å². The van der Waals surface area contributed by atoms with Crippen LogP contribution in [-0.4, -0.2) is 81.8 Å². The van der Waals surface area contributed by atoms with Gasteiger partial charge >= 0.3 is 24.2 Å². The van der Waals surface area contributed by atoms with E-state index in [2.05, 4.69) is 10.3 Å². The van der Waals surface area contributed by atoms with E-state index in [1.165, 1.54) is 18.5 Å². The van der Waals surface area contributed by atoms with Crippen molar-refractivity contribution < 1.29 is 48.0 Å². The molecule has 48 heavy (non-hydrogen) atoms. The van der Waals surface area contributed by atoms with E-state index in [4.69, 9.17) is 23.7 Å². The van der Waals surface area contributed by atoms with Crippen LogP contribution in [-0.2, 0) is 36.8 Å². The fraction of sp³-hybridized carbons (Fsp3) is 0.514. The Balaban J connectivity index is 2.67. The van der Waals surface area contributed by atoms with E-state index < -0.39 is 59.7 Å². The molecule has 2 atom stereocenters. The van der Waals surface area contributed by atoms with Crippen LogP contribution < -0.4 is 10.1 Å². The molecule has 264 valence electrons. The first-order chi connectivity index (χ1) is 22.2. The van der Waals surface area contributed by atoms with Gasteiger partial charge in [-0.25, -0.2) is 19.2 Å². The number of carbonyl (C=O) groups is 4. The minimum absolute atomic E-state index is 0.132. The number of rotatable bonds is 11. The molecule has 0 spiro atoms. The van der Waals surface area contributed by atoms with Crippen LogP contribution in [0.15, 0.2) is 48.8 Å². The molecule has 1 aromatic heterocycles. The van der Waals surface area contributed by atoms with Gasteiger partial charge in [0.15, 0.2) is 0 Å². The number of esters is 1. The van der Waals surface area contributed by atoms with Crippen molar-refractivity contribution in [1.29, 1.82) is 0 Å². The minimum atomic E-state index is -1.57. The highest BCUT2D eigenvalue weighted by molar-refractivity contribution is 5.94. The van der Waals surface area contributed by atoms with Crippen LogP contribution in [0.3, 0.4) is 0 Å². The number of carbonyl (C=O) groups excluding carboxylic acids is 4. The van der Waals surface area contributed by atoms with Crippen LogP contribution in [0.2, 0.25) is 0 Å². The maximum absolute atomic E-state index is 13.5. The number of nitrogens with one attached hydrogen (secondary N) is 1. The van der Waals surface area contributed by atoms with E-state index in [9.17, 15) is 24.3 Å². The third-order valence-electron chi connectivity index (χ3n) is 6.06. The highest BCUT2D eigenvalue weighted by Gasteiger charge is 2.41. The number of aliphatic hydroxyl groups is 1. The van der Waals surface area contributed by atoms with E-state index in [-0.39, 0.29) is 18.8 Å². The SMILES string of the molecule is COC(=O)[C@H](Cc1c(/C=C\[C@@H](CO)NC(=O)OC(C)(C)C)cncc1OCc1ccccc1)N(C(=O)OC(C)(C)C)C(=O)OC(C)(C)C. The van der Waals surface area contributed by atoms with Crippen molar-refractivity contribution in [3.05, 3.63) is 65.5 Å². The number of imide groups is 1. The quantitative estimate of drug-likeness (QED) is 0.219. The Bertz CT molecular complexity index is 1390. The zero-order valence-corrected chi connectivity index (χ0v) is 29.5. The number of alkyl carbamates (subject to hydrolysis) is 1. The van der Waals surface area contributed by atoms with Crippen molar-refractivity contribution in [2.75, 3.05) is 13.7 Å². The number of nitrogens with zero attached hydrogens (tertiary/aromatic N) is 2. The number of pyridine rings is 1. The number of aliphatic hydroxyl groups excluding tert-OH is 1. The second-order valence-electron chi connectivity index (χ2n) is 13.8. The fourth-order valence-electron chi connectivity index (χ4n) is 4.10. The Morgan fingerprint density at radius 3 is 1.94 bits per heavy atom. The highest BCUT2D eigenvalue weighted by Crippen LogP contribution is 2.28. The summed E-state index contributed by atoms with van der Waals surface area (Å²) in [5.74, 6) is -0.684. The highest BCUT2D eigenvalue weighted by atomic mass is 16.6. The van der Waals surface area contributed by atoms with E-state index in [0.717, 1.165) is 12.7 Å². The van der Waals surface area contributed by atoms with Gasteiger partial charge in [0.1, 0.15) is 35.2 Å². The number of hydrogen-bond acceptors (Lipinski definition) is 11. The zero-order valence-electron chi connectivity index (χ0n) is 29.5. The van der Waals surface area contributed by atoms with Gasteiger partial charge in [-0.1, -0.05) is 42.5 Å². The molecule has 0 aliphatic rings. The van der Waals surface area contributed by atoms with Gasteiger partial charge in [-0.3, -0.25) is 4.98 Å². The average molecular weight is 672 g/mol. The predicted octanol–water partition coefficient (Wildman–Crippen LogP) is 5.82. The van der Waals surface area contributed by atoms with Gasteiger partial charge in [-0.15, -0.1) is 0 Å². The fourth-order valence-corrected chi connectivity index (χ4v) is 4.10. The first-order valence-electron chi connectivity index (χ1n) is 15.5. The molecule has 2 aromatic rings. The van der Waals surface area contributed by atoms with E-state index >= 15 is 0 Å². The molecule has 13 heteroatoms. The van der Waals surface area contributed by atoms with E-state index in [0.29, 0.717) is 16.0 Å². The Morgan fingerprint density at radius 1 is 0.875 bits per heavy atom. The number of hydrogen-bond donors (Lipinski definition) is 2. The predicted molar refractivity (Wildman–Crippen MR) is 178 cm³/mol.